The SMILES string of the molecule is O[C@H]1CC[C@H](F)CC1. The average Bonchev–Trinajstić information content (AvgIpc) is 1.77. The van der Waals surface area contributed by atoms with Crippen molar-refractivity contribution < 1.29 is 9.50 Å². The van der Waals surface area contributed by atoms with Crippen molar-refractivity contribution in [2.45, 2.75) is 38.0 Å². The molecule has 1 saturated carbocycles. The van der Waals surface area contributed by atoms with Crippen LogP contribution in [0.25, 0.3) is 0 Å². The summed E-state index contributed by atoms with van der Waals surface area (Å²) in [5.41, 5.74) is 0. The molecule has 0 atom stereocenters. The summed E-state index contributed by atoms with van der Waals surface area (Å²) in [6.45, 7) is 0. The van der Waals surface area contributed by atoms with Gasteiger partial charge in [-0.15, -0.1) is 0 Å². The quantitative estimate of drug-likeness (QED) is 0.507. The van der Waals surface area contributed by atoms with Crippen molar-refractivity contribution in [1.29, 1.82) is 0 Å². The average molecular weight is 118 g/mol. The molecule has 0 spiro atoms. The molecule has 0 heterocycles. The highest BCUT2D eigenvalue weighted by Crippen LogP contribution is 2.20. The number of halogens is 1. The summed E-state index contributed by atoms with van der Waals surface area (Å²) in [4.78, 5) is 0. The second-order valence-corrected chi connectivity index (χ2v) is 2.41. The van der Waals surface area contributed by atoms with Gasteiger partial charge in [0, 0.05) is 0 Å². The van der Waals surface area contributed by atoms with Crippen LogP contribution in [0.1, 0.15) is 25.7 Å². The van der Waals surface area contributed by atoms with Crippen molar-refractivity contribution in [3.63, 3.8) is 0 Å². The van der Waals surface area contributed by atoms with Crippen LogP contribution in [0, 0.1) is 0 Å². The molecule has 0 bridgehead atoms. The molecule has 1 aliphatic carbocycles. The molecule has 1 nitrogen and oxygen atoms in total. The van der Waals surface area contributed by atoms with Gasteiger partial charge in [-0.3, -0.25) is 0 Å². The summed E-state index contributed by atoms with van der Waals surface area (Å²) in [6, 6.07) is 0. The van der Waals surface area contributed by atoms with E-state index in [1.807, 2.05) is 0 Å². The van der Waals surface area contributed by atoms with Crippen LogP contribution in [-0.4, -0.2) is 17.4 Å². The van der Waals surface area contributed by atoms with Gasteiger partial charge in [0.1, 0.15) is 6.17 Å². The molecule has 1 N–H and O–H groups in total. The maximum atomic E-state index is 12.2. The van der Waals surface area contributed by atoms with Crippen LogP contribution in [0.4, 0.5) is 4.39 Å². The minimum Gasteiger partial charge on any atom is -0.393 e. The number of hydrogen-bond donors (Lipinski definition) is 1. The smallest absolute Gasteiger partial charge is 0.100 e. The number of hydrogen-bond acceptors (Lipinski definition) is 1. The van der Waals surface area contributed by atoms with E-state index in [0.29, 0.717) is 25.7 Å². The maximum absolute atomic E-state index is 12.2. The highest BCUT2D eigenvalue weighted by molar-refractivity contribution is 4.69. The molecule has 0 aliphatic heterocycles. The van der Waals surface area contributed by atoms with E-state index in [9.17, 15) is 4.39 Å². The molecule has 0 amide bonds. The molecule has 48 valence electrons. The predicted molar refractivity (Wildman–Crippen MR) is 29.4 cm³/mol. The normalized spacial score (nSPS) is 39.8. The Balaban J connectivity index is 2.19. The van der Waals surface area contributed by atoms with E-state index in [-0.39, 0.29) is 6.10 Å². The van der Waals surface area contributed by atoms with Crippen LogP contribution < -0.4 is 0 Å². The lowest BCUT2D eigenvalue weighted by atomic mass is 9.96. The Morgan fingerprint density at radius 3 is 2.00 bits per heavy atom. The van der Waals surface area contributed by atoms with Gasteiger partial charge >= 0.3 is 0 Å². The van der Waals surface area contributed by atoms with Crippen LogP contribution in [-0.2, 0) is 0 Å². The second-order valence-electron chi connectivity index (χ2n) is 2.41. The van der Waals surface area contributed by atoms with Crippen molar-refractivity contribution in [3.05, 3.63) is 0 Å². The monoisotopic (exact) mass is 118 g/mol. The van der Waals surface area contributed by atoms with E-state index in [1.54, 1.807) is 0 Å². The molecular formula is C6H11FO. The van der Waals surface area contributed by atoms with Crippen molar-refractivity contribution in [3.8, 4) is 0 Å². The summed E-state index contributed by atoms with van der Waals surface area (Å²) in [6.07, 6.45) is 1.56. The van der Waals surface area contributed by atoms with E-state index in [2.05, 4.69) is 0 Å². The highest BCUT2D eigenvalue weighted by Gasteiger charge is 2.17. The Hall–Kier alpha value is -0.110. The lowest BCUT2D eigenvalue weighted by Gasteiger charge is -2.18. The summed E-state index contributed by atoms with van der Waals surface area (Å²) in [5, 5.41) is 8.86. The number of aliphatic hydroxyl groups excluding tert-OH is 1. The first-order valence-corrected chi connectivity index (χ1v) is 3.11. The lowest BCUT2D eigenvalue weighted by Crippen LogP contribution is -2.18. The predicted octanol–water partition coefficient (Wildman–Crippen LogP) is 1.26. The molecule has 1 fully saturated rings. The van der Waals surface area contributed by atoms with Crippen molar-refractivity contribution >= 4 is 0 Å². The van der Waals surface area contributed by atoms with E-state index in [0.717, 1.165) is 0 Å². The Labute approximate surface area is 48.5 Å². The third kappa shape index (κ3) is 1.44. The largest absolute Gasteiger partial charge is 0.393 e. The molecule has 0 unspecified atom stereocenters. The number of alkyl halides is 1. The van der Waals surface area contributed by atoms with Gasteiger partial charge in [-0.1, -0.05) is 0 Å². The van der Waals surface area contributed by atoms with Crippen LogP contribution in [0.5, 0.6) is 0 Å². The van der Waals surface area contributed by atoms with Gasteiger partial charge in [-0.25, -0.2) is 4.39 Å². The van der Waals surface area contributed by atoms with Gasteiger partial charge in [0.05, 0.1) is 6.10 Å². The first-order chi connectivity index (χ1) is 3.79. The number of aliphatic hydroxyl groups is 1. The fraction of sp³-hybridized carbons (Fsp3) is 1.00. The molecule has 0 aromatic heterocycles. The molecule has 0 aromatic rings. The zero-order valence-corrected chi connectivity index (χ0v) is 4.81. The van der Waals surface area contributed by atoms with Gasteiger partial charge in [0.25, 0.3) is 0 Å². The van der Waals surface area contributed by atoms with Crippen LogP contribution in [0.15, 0.2) is 0 Å². The first-order valence-electron chi connectivity index (χ1n) is 3.11. The van der Waals surface area contributed by atoms with Gasteiger partial charge in [-0.05, 0) is 25.7 Å². The molecule has 0 saturated heterocycles. The maximum Gasteiger partial charge on any atom is 0.100 e. The molecule has 1 rings (SSSR count). The molecule has 0 aromatic carbocycles. The Kier molecular flexibility index (Phi) is 1.84. The van der Waals surface area contributed by atoms with Crippen LogP contribution in [0.2, 0.25) is 0 Å². The van der Waals surface area contributed by atoms with E-state index in [1.165, 1.54) is 0 Å². The van der Waals surface area contributed by atoms with Crippen molar-refractivity contribution in [1.82, 2.24) is 0 Å². The third-order valence-electron chi connectivity index (χ3n) is 1.63. The summed E-state index contributed by atoms with van der Waals surface area (Å²) in [5.74, 6) is 0. The molecular weight excluding hydrogens is 107 g/mol. The molecule has 1 aliphatic rings. The highest BCUT2D eigenvalue weighted by atomic mass is 19.1. The van der Waals surface area contributed by atoms with Gasteiger partial charge in [0.2, 0.25) is 0 Å². The van der Waals surface area contributed by atoms with E-state index < -0.39 is 6.17 Å². The Bertz CT molecular complexity index is 56.9. The fourth-order valence-electron chi connectivity index (χ4n) is 1.04. The van der Waals surface area contributed by atoms with Crippen molar-refractivity contribution in [2.75, 3.05) is 0 Å². The standard InChI is InChI=1S/C6H11FO/c7-5-1-3-6(8)4-2-5/h5-6,8H,1-4H2/t5-,6-. The Morgan fingerprint density at radius 1 is 1.12 bits per heavy atom. The van der Waals surface area contributed by atoms with Crippen LogP contribution >= 0.6 is 0 Å². The number of rotatable bonds is 0. The van der Waals surface area contributed by atoms with Gasteiger partial charge in [0.15, 0.2) is 0 Å². The second kappa shape index (κ2) is 2.44. The molecule has 0 radical (unpaired) electrons. The topological polar surface area (TPSA) is 20.2 Å². The summed E-state index contributed by atoms with van der Waals surface area (Å²) in [7, 11) is 0. The molecule has 8 heavy (non-hydrogen) atoms. The van der Waals surface area contributed by atoms with Crippen molar-refractivity contribution in [2.24, 2.45) is 0 Å². The third-order valence-corrected chi connectivity index (χ3v) is 1.63. The lowest BCUT2D eigenvalue weighted by molar-refractivity contribution is 0.0940. The molecule has 2 heteroatoms. The summed E-state index contributed by atoms with van der Waals surface area (Å²) >= 11 is 0. The first kappa shape index (κ1) is 6.02. The van der Waals surface area contributed by atoms with E-state index in [4.69, 9.17) is 5.11 Å². The van der Waals surface area contributed by atoms with E-state index >= 15 is 0 Å². The summed E-state index contributed by atoms with van der Waals surface area (Å²) < 4.78 is 12.2. The van der Waals surface area contributed by atoms with Crippen LogP contribution in [0.3, 0.4) is 0 Å². The van der Waals surface area contributed by atoms with Gasteiger partial charge in [-0.2, -0.15) is 0 Å². The van der Waals surface area contributed by atoms with Gasteiger partial charge < -0.3 is 5.11 Å². The minimum absolute atomic E-state index is 0.220. The zero-order chi connectivity index (χ0) is 5.98. The Morgan fingerprint density at radius 2 is 1.62 bits per heavy atom. The minimum atomic E-state index is -0.640. The fourth-order valence-corrected chi connectivity index (χ4v) is 1.04. The zero-order valence-electron chi connectivity index (χ0n) is 4.81.